The van der Waals surface area contributed by atoms with Gasteiger partial charge in [0.05, 0.1) is 11.1 Å². The fourth-order valence-electron chi connectivity index (χ4n) is 3.24. The molecule has 3 atom stereocenters. The number of nitrogens with zero attached hydrogens (tertiary/aromatic N) is 1. The topological polar surface area (TPSA) is 38.8 Å². The molecule has 0 spiro atoms. The van der Waals surface area contributed by atoms with Crippen molar-refractivity contribution >= 4 is 40.9 Å². The number of carbonyl (C=O) groups excluding carboxylic acids is 1. The Kier molecular flexibility index (Phi) is 6.78. The Balaban J connectivity index is 1.70. The molecule has 2 aliphatic heterocycles. The van der Waals surface area contributed by atoms with Crippen molar-refractivity contribution in [1.82, 2.24) is 4.90 Å². The van der Waals surface area contributed by atoms with Crippen LogP contribution in [0.3, 0.4) is 0 Å². The first kappa shape index (κ1) is 19.2. The van der Waals surface area contributed by atoms with Crippen LogP contribution in [-0.4, -0.2) is 53.7 Å². The number of thioether (sulfide) groups is 1. The number of hydrogen-bond donors (Lipinski definition) is 0. The number of carbonyl (C=O) groups is 1. The van der Waals surface area contributed by atoms with Crippen LogP contribution in [0.15, 0.2) is 18.2 Å². The highest BCUT2D eigenvalue weighted by molar-refractivity contribution is 7.99. The van der Waals surface area contributed by atoms with Crippen molar-refractivity contribution in [1.29, 1.82) is 0 Å². The molecular formula is C18H23Cl2NO3S. The predicted molar refractivity (Wildman–Crippen MR) is 103 cm³/mol. The van der Waals surface area contributed by atoms with E-state index in [4.69, 9.17) is 32.7 Å². The van der Waals surface area contributed by atoms with Crippen LogP contribution in [0.1, 0.15) is 26.2 Å². The van der Waals surface area contributed by atoms with Gasteiger partial charge in [-0.05, 0) is 44.1 Å². The van der Waals surface area contributed by atoms with Gasteiger partial charge in [-0.1, -0.05) is 29.3 Å². The Morgan fingerprint density at radius 1 is 1.44 bits per heavy atom. The molecule has 4 nitrogen and oxygen atoms in total. The second-order valence-corrected chi connectivity index (χ2v) is 8.39. The SMILES string of the molecule is CC(Oc1cccc(Cl)c1Cl)C(=O)N(CC1CCCO1)C1CCSC1. The van der Waals surface area contributed by atoms with Crippen LogP contribution in [-0.2, 0) is 9.53 Å². The average Bonchev–Trinajstić information content (AvgIpc) is 3.29. The molecule has 0 aromatic heterocycles. The van der Waals surface area contributed by atoms with Crippen LogP contribution in [0.5, 0.6) is 5.75 Å². The molecule has 3 rings (SSSR count). The van der Waals surface area contributed by atoms with E-state index in [2.05, 4.69) is 0 Å². The molecule has 0 aliphatic carbocycles. The molecule has 25 heavy (non-hydrogen) atoms. The van der Waals surface area contributed by atoms with Crippen LogP contribution in [0.25, 0.3) is 0 Å². The summed E-state index contributed by atoms with van der Waals surface area (Å²) in [5.41, 5.74) is 0. The molecule has 138 valence electrons. The van der Waals surface area contributed by atoms with Gasteiger partial charge in [-0.3, -0.25) is 4.79 Å². The summed E-state index contributed by atoms with van der Waals surface area (Å²) < 4.78 is 11.6. The lowest BCUT2D eigenvalue weighted by Crippen LogP contribution is -2.49. The van der Waals surface area contributed by atoms with Crippen molar-refractivity contribution in [3.05, 3.63) is 28.2 Å². The van der Waals surface area contributed by atoms with Crippen LogP contribution in [0, 0.1) is 0 Å². The van der Waals surface area contributed by atoms with Gasteiger partial charge in [0, 0.05) is 24.9 Å². The fourth-order valence-corrected chi connectivity index (χ4v) is 4.80. The van der Waals surface area contributed by atoms with E-state index in [1.54, 1.807) is 25.1 Å². The largest absolute Gasteiger partial charge is 0.479 e. The van der Waals surface area contributed by atoms with E-state index in [1.165, 1.54) is 0 Å². The van der Waals surface area contributed by atoms with Crippen molar-refractivity contribution in [3.63, 3.8) is 0 Å². The highest BCUT2D eigenvalue weighted by Gasteiger charge is 2.33. The molecular weight excluding hydrogens is 381 g/mol. The van der Waals surface area contributed by atoms with E-state index < -0.39 is 6.10 Å². The van der Waals surface area contributed by atoms with Crippen LogP contribution in [0.2, 0.25) is 10.0 Å². The number of amides is 1. The normalized spacial score (nSPS) is 24.3. The summed E-state index contributed by atoms with van der Waals surface area (Å²) in [4.78, 5) is 15.0. The first-order valence-electron chi connectivity index (χ1n) is 8.66. The third-order valence-electron chi connectivity index (χ3n) is 4.62. The zero-order valence-electron chi connectivity index (χ0n) is 14.2. The third kappa shape index (κ3) is 4.76. The molecule has 7 heteroatoms. The van der Waals surface area contributed by atoms with Gasteiger partial charge in [0.25, 0.3) is 5.91 Å². The monoisotopic (exact) mass is 403 g/mol. The molecule has 0 bridgehead atoms. The molecule has 1 aromatic carbocycles. The molecule has 1 amide bonds. The second-order valence-electron chi connectivity index (χ2n) is 6.46. The van der Waals surface area contributed by atoms with E-state index in [0.29, 0.717) is 22.3 Å². The van der Waals surface area contributed by atoms with Crippen molar-refractivity contribution in [2.75, 3.05) is 24.7 Å². The molecule has 2 aliphatic rings. The first-order valence-corrected chi connectivity index (χ1v) is 10.6. The molecule has 0 radical (unpaired) electrons. The standard InChI is InChI=1S/C18H23Cl2NO3S/c1-12(24-16-6-2-5-15(19)17(16)20)18(22)21(13-7-9-25-11-13)10-14-4-3-8-23-14/h2,5-6,12-14H,3-4,7-11H2,1H3. The van der Waals surface area contributed by atoms with E-state index in [-0.39, 0.29) is 18.1 Å². The molecule has 2 fully saturated rings. The smallest absolute Gasteiger partial charge is 0.263 e. The van der Waals surface area contributed by atoms with E-state index in [9.17, 15) is 4.79 Å². The third-order valence-corrected chi connectivity index (χ3v) is 6.57. The van der Waals surface area contributed by atoms with Gasteiger partial charge >= 0.3 is 0 Å². The Bertz CT molecular complexity index is 604. The second kappa shape index (κ2) is 8.85. The lowest BCUT2D eigenvalue weighted by Gasteiger charge is -2.33. The minimum Gasteiger partial charge on any atom is -0.479 e. The zero-order valence-corrected chi connectivity index (χ0v) is 16.6. The van der Waals surface area contributed by atoms with Gasteiger partial charge in [0.1, 0.15) is 10.8 Å². The van der Waals surface area contributed by atoms with Gasteiger partial charge in [-0.15, -0.1) is 0 Å². The molecule has 2 heterocycles. The van der Waals surface area contributed by atoms with Crippen molar-refractivity contribution in [2.24, 2.45) is 0 Å². The highest BCUT2D eigenvalue weighted by Crippen LogP contribution is 2.32. The van der Waals surface area contributed by atoms with E-state index in [1.807, 2.05) is 16.7 Å². The summed E-state index contributed by atoms with van der Waals surface area (Å²) >= 11 is 14.1. The van der Waals surface area contributed by atoms with Gasteiger partial charge in [-0.25, -0.2) is 0 Å². The molecule has 0 N–H and O–H groups in total. The summed E-state index contributed by atoms with van der Waals surface area (Å²) in [5, 5.41) is 0.758. The highest BCUT2D eigenvalue weighted by atomic mass is 35.5. The predicted octanol–water partition coefficient (Wildman–Crippen LogP) is 4.27. The Labute approximate surface area is 163 Å². The van der Waals surface area contributed by atoms with Gasteiger partial charge < -0.3 is 14.4 Å². The van der Waals surface area contributed by atoms with E-state index >= 15 is 0 Å². The molecule has 1 aromatic rings. The summed E-state index contributed by atoms with van der Waals surface area (Å²) in [7, 11) is 0. The molecule has 2 saturated heterocycles. The van der Waals surface area contributed by atoms with Gasteiger partial charge in [-0.2, -0.15) is 11.8 Å². The van der Waals surface area contributed by atoms with Crippen LogP contribution < -0.4 is 4.74 Å². The maximum Gasteiger partial charge on any atom is 0.263 e. The molecule has 3 unspecified atom stereocenters. The Morgan fingerprint density at radius 3 is 2.96 bits per heavy atom. The Hall–Kier alpha value is -0.620. The van der Waals surface area contributed by atoms with Gasteiger partial charge in [0.15, 0.2) is 6.10 Å². The van der Waals surface area contributed by atoms with Crippen molar-refractivity contribution < 1.29 is 14.3 Å². The van der Waals surface area contributed by atoms with Crippen molar-refractivity contribution in [2.45, 2.75) is 44.4 Å². The lowest BCUT2D eigenvalue weighted by molar-refractivity contribution is -0.141. The van der Waals surface area contributed by atoms with Crippen LogP contribution in [0.4, 0.5) is 0 Å². The Morgan fingerprint density at radius 2 is 2.28 bits per heavy atom. The quantitative estimate of drug-likeness (QED) is 0.710. The minimum atomic E-state index is -0.622. The maximum atomic E-state index is 13.1. The maximum absolute atomic E-state index is 13.1. The number of ether oxygens (including phenoxy) is 2. The number of benzene rings is 1. The van der Waals surface area contributed by atoms with E-state index in [0.717, 1.165) is 37.4 Å². The summed E-state index contributed by atoms with van der Waals surface area (Å²) in [6, 6.07) is 5.44. The van der Waals surface area contributed by atoms with Gasteiger partial charge in [0.2, 0.25) is 0 Å². The first-order chi connectivity index (χ1) is 12.1. The lowest BCUT2D eigenvalue weighted by atomic mass is 10.1. The summed E-state index contributed by atoms with van der Waals surface area (Å²) in [6.07, 6.45) is 2.61. The zero-order chi connectivity index (χ0) is 17.8. The van der Waals surface area contributed by atoms with Crippen LogP contribution >= 0.6 is 35.0 Å². The summed E-state index contributed by atoms with van der Waals surface area (Å²) in [6.45, 7) is 3.20. The number of halogens is 2. The molecule has 0 saturated carbocycles. The average molecular weight is 404 g/mol. The number of rotatable bonds is 6. The fraction of sp³-hybridized carbons (Fsp3) is 0.611. The number of hydrogen-bond acceptors (Lipinski definition) is 4. The minimum absolute atomic E-state index is 0.0148. The van der Waals surface area contributed by atoms with Crippen molar-refractivity contribution in [3.8, 4) is 5.75 Å². The summed E-state index contributed by atoms with van der Waals surface area (Å²) in [5.74, 6) is 2.49.